The lowest BCUT2D eigenvalue weighted by Crippen LogP contribution is -2.61. The molecule has 0 aromatic heterocycles. The van der Waals surface area contributed by atoms with Crippen molar-refractivity contribution in [2.24, 2.45) is 10.2 Å². The molecule has 0 bridgehead atoms. The summed E-state index contributed by atoms with van der Waals surface area (Å²) in [6.45, 7) is 1.23. The van der Waals surface area contributed by atoms with Crippen molar-refractivity contribution >= 4 is 11.8 Å². The average Bonchev–Trinajstić information content (AvgIpc) is 2.68. The van der Waals surface area contributed by atoms with Crippen molar-refractivity contribution in [1.82, 2.24) is 10.6 Å². The number of nitrogens with zero attached hydrogens (tertiary/aromatic N) is 2. The lowest BCUT2D eigenvalue weighted by atomic mass is 9.98. The Morgan fingerprint density at radius 3 is 1.00 bits per heavy atom. The lowest BCUT2D eigenvalue weighted by molar-refractivity contribution is -0.131. The minimum Gasteiger partial charge on any atom is -0.394 e. The van der Waals surface area contributed by atoms with Gasteiger partial charge >= 0.3 is 0 Å². The molecule has 8 N–H and O–H groups in total. The maximum absolute atomic E-state index is 12.4. The SMILES string of the molecule is CC(C)(/N=N/C(C)(C)C(=O)NC(CO)(CO)CO)C(=O)NC(CO)(CO)CO. The van der Waals surface area contributed by atoms with E-state index in [1.54, 1.807) is 0 Å². The van der Waals surface area contributed by atoms with Gasteiger partial charge in [-0.1, -0.05) is 0 Å². The molecule has 0 aliphatic carbocycles. The predicted molar refractivity (Wildman–Crippen MR) is 97.3 cm³/mol. The largest absolute Gasteiger partial charge is 0.394 e. The van der Waals surface area contributed by atoms with Crippen LogP contribution in [0.1, 0.15) is 27.7 Å². The van der Waals surface area contributed by atoms with Gasteiger partial charge in [-0.25, -0.2) is 0 Å². The fourth-order valence-electron chi connectivity index (χ4n) is 1.67. The standard InChI is InChI=1S/C16H32N4O8/c1-13(2,11(27)17-15(5-21,6-22)7-23)19-20-14(3,4)12(28)18-16(8-24,9-25)10-26/h21-26H,5-10H2,1-4H3,(H,17,27)(H,18,28)/b20-19+. The van der Waals surface area contributed by atoms with E-state index in [2.05, 4.69) is 20.9 Å². The number of carbonyl (C=O) groups excluding carboxylic acids is 2. The molecule has 0 rings (SSSR count). The Labute approximate surface area is 163 Å². The van der Waals surface area contributed by atoms with E-state index < -0.39 is 73.6 Å². The first-order chi connectivity index (χ1) is 12.8. The second-order valence-electron chi connectivity index (χ2n) is 7.74. The quantitative estimate of drug-likeness (QED) is 0.153. The lowest BCUT2D eigenvalue weighted by Gasteiger charge is -2.33. The highest BCUT2D eigenvalue weighted by atomic mass is 16.3. The molecular weight excluding hydrogens is 376 g/mol. The van der Waals surface area contributed by atoms with Gasteiger partial charge in [0.25, 0.3) is 0 Å². The van der Waals surface area contributed by atoms with Gasteiger partial charge in [-0.3, -0.25) is 9.59 Å². The molecule has 2 amide bonds. The van der Waals surface area contributed by atoms with Gasteiger partial charge in [0.15, 0.2) is 11.1 Å². The molecule has 164 valence electrons. The summed E-state index contributed by atoms with van der Waals surface area (Å²) in [5.41, 5.74) is -6.33. The average molecular weight is 408 g/mol. The Morgan fingerprint density at radius 1 is 0.607 bits per heavy atom. The molecule has 0 saturated carbocycles. The Balaban J connectivity index is 5.39. The molecule has 28 heavy (non-hydrogen) atoms. The predicted octanol–water partition coefficient (Wildman–Crippen LogP) is -3.34. The van der Waals surface area contributed by atoms with Gasteiger partial charge in [0, 0.05) is 0 Å². The summed E-state index contributed by atoms with van der Waals surface area (Å²) < 4.78 is 0. The van der Waals surface area contributed by atoms with E-state index in [0.717, 1.165) is 0 Å². The molecule has 0 fully saturated rings. The fourth-order valence-corrected chi connectivity index (χ4v) is 1.67. The minimum absolute atomic E-state index is 0.710. The van der Waals surface area contributed by atoms with Gasteiger partial charge in [-0.05, 0) is 27.7 Å². The first-order valence-corrected chi connectivity index (χ1v) is 8.57. The van der Waals surface area contributed by atoms with E-state index in [9.17, 15) is 40.2 Å². The van der Waals surface area contributed by atoms with Crippen LogP contribution in [0.5, 0.6) is 0 Å². The first kappa shape index (κ1) is 26.3. The third-order valence-electron chi connectivity index (χ3n) is 4.23. The summed E-state index contributed by atoms with van der Waals surface area (Å²) in [6, 6.07) is 0. The topological polar surface area (TPSA) is 204 Å². The Morgan fingerprint density at radius 2 is 0.821 bits per heavy atom. The minimum atomic E-state index is -1.64. The van der Waals surface area contributed by atoms with Crippen molar-refractivity contribution < 1.29 is 40.2 Å². The van der Waals surface area contributed by atoms with Crippen molar-refractivity contribution in [3.05, 3.63) is 0 Å². The zero-order chi connectivity index (χ0) is 22.2. The molecule has 0 atom stereocenters. The maximum Gasteiger partial charge on any atom is 0.249 e. The van der Waals surface area contributed by atoms with E-state index in [4.69, 9.17) is 0 Å². The Kier molecular flexibility index (Phi) is 9.57. The van der Waals surface area contributed by atoms with Crippen molar-refractivity contribution in [2.75, 3.05) is 39.6 Å². The number of amides is 2. The van der Waals surface area contributed by atoms with Crippen LogP contribution in [-0.2, 0) is 9.59 Å². The number of aliphatic hydroxyl groups excluding tert-OH is 6. The molecule has 0 saturated heterocycles. The van der Waals surface area contributed by atoms with E-state index in [1.165, 1.54) is 27.7 Å². The van der Waals surface area contributed by atoms with Crippen LogP contribution in [0, 0.1) is 0 Å². The Bertz CT molecular complexity index is 492. The number of rotatable bonds is 12. The smallest absolute Gasteiger partial charge is 0.249 e. The monoisotopic (exact) mass is 408 g/mol. The number of hydrogen-bond donors (Lipinski definition) is 8. The maximum atomic E-state index is 12.4. The van der Waals surface area contributed by atoms with Crippen molar-refractivity contribution in [2.45, 2.75) is 49.9 Å². The highest BCUT2D eigenvalue weighted by molar-refractivity contribution is 5.87. The highest BCUT2D eigenvalue weighted by Crippen LogP contribution is 2.19. The molecule has 0 aliphatic rings. The van der Waals surface area contributed by atoms with E-state index >= 15 is 0 Å². The van der Waals surface area contributed by atoms with Crippen LogP contribution in [0.3, 0.4) is 0 Å². The van der Waals surface area contributed by atoms with Crippen LogP contribution in [0.25, 0.3) is 0 Å². The number of nitrogens with one attached hydrogen (secondary N) is 2. The number of azo groups is 1. The summed E-state index contributed by atoms with van der Waals surface area (Å²) in [4.78, 5) is 24.8. The zero-order valence-corrected chi connectivity index (χ0v) is 16.6. The van der Waals surface area contributed by atoms with Crippen molar-refractivity contribution in [1.29, 1.82) is 0 Å². The molecule has 0 spiro atoms. The van der Waals surface area contributed by atoms with Gasteiger partial charge in [-0.15, -0.1) is 0 Å². The number of hydrogen-bond acceptors (Lipinski definition) is 10. The normalized spacial score (nSPS) is 13.6. The summed E-state index contributed by atoms with van der Waals surface area (Å²) in [5, 5.41) is 68.1. The number of aliphatic hydroxyl groups is 6. The van der Waals surface area contributed by atoms with Crippen LogP contribution >= 0.6 is 0 Å². The van der Waals surface area contributed by atoms with Crippen LogP contribution in [0.2, 0.25) is 0 Å². The highest BCUT2D eigenvalue weighted by Gasteiger charge is 2.39. The van der Waals surface area contributed by atoms with E-state index in [-0.39, 0.29) is 0 Å². The first-order valence-electron chi connectivity index (χ1n) is 8.57. The number of carbonyl (C=O) groups is 2. The second kappa shape index (κ2) is 10.2. The van der Waals surface area contributed by atoms with Gasteiger partial charge < -0.3 is 41.3 Å². The molecule has 0 heterocycles. The second-order valence-corrected chi connectivity index (χ2v) is 7.74. The van der Waals surface area contributed by atoms with Gasteiger partial charge in [-0.2, -0.15) is 10.2 Å². The third kappa shape index (κ3) is 6.43. The van der Waals surface area contributed by atoms with Crippen molar-refractivity contribution in [3.63, 3.8) is 0 Å². The van der Waals surface area contributed by atoms with Crippen LogP contribution in [0.4, 0.5) is 0 Å². The Hall–Kier alpha value is -1.70. The molecule has 0 aromatic rings. The van der Waals surface area contributed by atoms with Crippen LogP contribution in [-0.4, -0.2) is 104 Å². The summed E-state index contributed by atoms with van der Waals surface area (Å²) in [6.07, 6.45) is 0. The summed E-state index contributed by atoms with van der Waals surface area (Å²) in [7, 11) is 0. The molecule has 12 heteroatoms. The van der Waals surface area contributed by atoms with Gasteiger partial charge in [0.2, 0.25) is 11.8 Å². The van der Waals surface area contributed by atoms with Gasteiger partial charge in [0.1, 0.15) is 11.1 Å². The molecule has 12 nitrogen and oxygen atoms in total. The zero-order valence-electron chi connectivity index (χ0n) is 16.6. The van der Waals surface area contributed by atoms with Gasteiger partial charge in [0.05, 0.1) is 39.6 Å². The summed E-state index contributed by atoms with van der Waals surface area (Å²) >= 11 is 0. The van der Waals surface area contributed by atoms with E-state index in [0.29, 0.717) is 0 Å². The molecule has 0 unspecified atom stereocenters. The molecular formula is C16H32N4O8. The molecule has 0 aromatic carbocycles. The third-order valence-corrected chi connectivity index (χ3v) is 4.23. The fraction of sp³-hybridized carbons (Fsp3) is 0.875. The van der Waals surface area contributed by atoms with Crippen LogP contribution in [0.15, 0.2) is 10.2 Å². The van der Waals surface area contributed by atoms with Crippen LogP contribution < -0.4 is 10.6 Å². The van der Waals surface area contributed by atoms with Crippen molar-refractivity contribution in [3.8, 4) is 0 Å². The molecule has 0 aliphatic heterocycles. The van der Waals surface area contributed by atoms with E-state index in [1.807, 2.05) is 0 Å². The molecule has 0 radical (unpaired) electrons. The summed E-state index contributed by atoms with van der Waals surface area (Å²) in [5.74, 6) is -1.53.